The molecule has 1 aromatic heterocycles. The van der Waals surface area contributed by atoms with Crippen molar-refractivity contribution in [2.75, 3.05) is 25.0 Å². The molecule has 140 valence electrons. The Labute approximate surface area is 159 Å². The van der Waals surface area contributed by atoms with Gasteiger partial charge in [0.1, 0.15) is 17.3 Å². The van der Waals surface area contributed by atoms with E-state index in [0.717, 1.165) is 15.2 Å². The second-order valence-electron chi connectivity index (χ2n) is 5.62. The maximum absolute atomic E-state index is 11.8. The van der Waals surface area contributed by atoms with Crippen LogP contribution in [-0.2, 0) is 16.1 Å². The fourth-order valence-corrected chi connectivity index (χ4v) is 3.35. The van der Waals surface area contributed by atoms with E-state index < -0.39 is 4.92 Å². The number of aromatic nitrogens is 1. The summed E-state index contributed by atoms with van der Waals surface area (Å²) < 4.78 is 6.49. The molecule has 9 heteroatoms. The number of anilines is 1. The lowest BCUT2D eigenvalue weighted by Gasteiger charge is -2.08. The Balaban J connectivity index is 1.36. The molecule has 0 aliphatic carbocycles. The van der Waals surface area contributed by atoms with Gasteiger partial charge in [0, 0.05) is 19.2 Å². The number of nitrogens with one attached hydrogen (secondary N) is 2. The zero-order valence-electron chi connectivity index (χ0n) is 14.4. The molecule has 1 amide bonds. The predicted molar refractivity (Wildman–Crippen MR) is 104 cm³/mol. The number of thiazole rings is 1. The van der Waals surface area contributed by atoms with Crippen LogP contribution in [0.2, 0.25) is 0 Å². The highest BCUT2D eigenvalue weighted by molar-refractivity contribution is 7.18. The first kappa shape index (κ1) is 18.7. The number of hydrogen-bond donors (Lipinski definition) is 2. The molecular formula is C18H18N4O4S. The van der Waals surface area contributed by atoms with Crippen molar-refractivity contribution in [3.05, 3.63) is 63.7 Å². The van der Waals surface area contributed by atoms with Gasteiger partial charge in [0.25, 0.3) is 5.69 Å². The Morgan fingerprint density at radius 2 is 1.93 bits per heavy atom. The molecule has 3 rings (SSSR count). The summed E-state index contributed by atoms with van der Waals surface area (Å²) in [6, 6.07) is 14.2. The number of hydrogen-bond acceptors (Lipinski definition) is 7. The van der Waals surface area contributed by atoms with E-state index in [-0.39, 0.29) is 24.8 Å². The van der Waals surface area contributed by atoms with E-state index in [0.29, 0.717) is 18.8 Å². The normalized spacial score (nSPS) is 10.7. The van der Waals surface area contributed by atoms with Crippen LogP contribution in [0.1, 0.15) is 5.01 Å². The highest BCUT2D eigenvalue weighted by atomic mass is 32.1. The third-order valence-electron chi connectivity index (χ3n) is 3.66. The lowest BCUT2D eigenvalue weighted by Crippen LogP contribution is -2.31. The second kappa shape index (κ2) is 9.06. The van der Waals surface area contributed by atoms with Gasteiger partial charge in [-0.15, -0.1) is 11.3 Å². The first-order chi connectivity index (χ1) is 13.1. The van der Waals surface area contributed by atoms with Crippen molar-refractivity contribution >= 4 is 38.8 Å². The van der Waals surface area contributed by atoms with Crippen LogP contribution >= 0.6 is 11.3 Å². The topological polar surface area (TPSA) is 106 Å². The number of nitrogens with zero attached hydrogens (tertiary/aromatic N) is 2. The minimum absolute atomic E-state index is 0.00277. The van der Waals surface area contributed by atoms with Crippen molar-refractivity contribution < 1.29 is 14.5 Å². The molecule has 0 aliphatic rings. The number of carbonyl (C=O) groups is 1. The Bertz CT molecular complexity index is 911. The summed E-state index contributed by atoms with van der Waals surface area (Å²) in [7, 11) is 0. The van der Waals surface area contributed by atoms with Gasteiger partial charge in [-0.1, -0.05) is 24.3 Å². The number of para-hydroxylation sites is 3. The molecule has 27 heavy (non-hydrogen) atoms. The van der Waals surface area contributed by atoms with Crippen LogP contribution in [0.3, 0.4) is 0 Å². The minimum atomic E-state index is -0.448. The van der Waals surface area contributed by atoms with Crippen molar-refractivity contribution in [1.82, 2.24) is 10.3 Å². The summed E-state index contributed by atoms with van der Waals surface area (Å²) >= 11 is 1.54. The van der Waals surface area contributed by atoms with E-state index in [4.69, 9.17) is 4.74 Å². The van der Waals surface area contributed by atoms with Gasteiger partial charge in [-0.25, -0.2) is 4.98 Å². The predicted octanol–water partition coefficient (Wildman–Crippen LogP) is 2.95. The van der Waals surface area contributed by atoms with Gasteiger partial charge in [0.2, 0.25) is 5.91 Å². The fourth-order valence-electron chi connectivity index (χ4n) is 2.45. The first-order valence-corrected chi connectivity index (χ1v) is 9.11. The van der Waals surface area contributed by atoms with Crippen molar-refractivity contribution in [2.24, 2.45) is 0 Å². The van der Waals surface area contributed by atoms with Gasteiger partial charge in [-0.05, 0) is 18.2 Å². The monoisotopic (exact) mass is 386 g/mol. The molecule has 0 spiro atoms. The number of nitro groups is 1. The summed E-state index contributed by atoms with van der Waals surface area (Å²) in [6.45, 7) is 0.909. The smallest absolute Gasteiger partial charge is 0.292 e. The van der Waals surface area contributed by atoms with Crippen molar-refractivity contribution in [3.63, 3.8) is 0 Å². The summed E-state index contributed by atoms with van der Waals surface area (Å²) in [4.78, 5) is 26.7. The molecule has 1 heterocycles. The average molecular weight is 386 g/mol. The molecule has 8 nitrogen and oxygen atoms in total. The van der Waals surface area contributed by atoms with Crippen LogP contribution in [0.15, 0.2) is 48.5 Å². The molecule has 0 atom stereocenters. The maximum Gasteiger partial charge on any atom is 0.292 e. The summed E-state index contributed by atoms with van der Waals surface area (Å²) in [5.74, 6) is -0.250. The van der Waals surface area contributed by atoms with Gasteiger partial charge >= 0.3 is 0 Å². The van der Waals surface area contributed by atoms with Gasteiger partial charge in [0.05, 0.1) is 21.7 Å². The molecule has 0 bridgehead atoms. The Morgan fingerprint density at radius 3 is 2.74 bits per heavy atom. The highest BCUT2D eigenvalue weighted by Gasteiger charge is 2.11. The molecule has 3 aromatic rings. The van der Waals surface area contributed by atoms with E-state index in [1.807, 2.05) is 24.3 Å². The zero-order chi connectivity index (χ0) is 19.1. The number of benzene rings is 2. The Hall–Kier alpha value is -3.04. The third-order valence-corrected chi connectivity index (χ3v) is 4.67. The van der Waals surface area contributed by atoms with Crippen LogP contribution in [0.25, 0.3) is 10.2 Å². The van der Waals surface area contributed by atoms with Crippen LogP contribution in [0.4, 0.5) is 11.4 Å². The van der Waals surface area contributed by atoms with Gasteiger partial charge in [-0.3, -0.25) is 14.9 Å². The number of ether oxygens (including phenoxy) is 1. The number of fused-ring (bicyclic) bond motifs is 1. The fraction of sp³-hybridized carbons (Fsp3) is 0.222. The molecule has 0 fully saturated rings. The number of rotatable bonds is 9. The van der Waals surface area contributed by atoms with Crippen LogP contribution in [0.5, 0.6) is 0 Å². The minimum Gasteiger partial charge on any atom is -0.378 e. The van der Waals surface area contributed by atoms with Crippen molar-refractivity contribution in [3.8, 4) is 0 Å². The largest absolute Gasteiger partial charge is 0.378 e. The van der Waals surface area contributed by atoms with Crippen molar-refractivity contribution in [1.29, 1.82) is 0 Å². The first-order valence-electron chi connectivity index (χ1n) is 8.29. The lowest BCUT2D eigenvalue weighted by molar-refractivity contribution is -0.384. The molecule has 0 aliphatic heterocycles. The maximum atomic E-state index is 11.8. The van der Waals surface area contributed by atoms with E-state index in [2.05, 4.69) is 15.6 Å². The molecule has 0 unspecified atom stereocenters. The molecule has 2 N–H and O–H groups in total. The second-order valence-corrected chi connectivity index (χ2v) is 6.73. The van der Waals surface area contributed by atoms with Crippen LogP contribution < -0.4 is 10.6 Å². The summed E-state index contributed by atoms with van der Waals surface area (Å²) in [6.07, 6.45) is 0. The molecule has 0 radical (unpaired) electrons. The molecular weight excluding hydrogens is 368 g/mol. The van der Waals surface area contributed by atoms with E-state index in [9.17, 15) is 14.9 Å². The van der Waals surface area contributed by atoms with Crippen molar-refractivity contribution in [2.45, 2.75) is 6.61 Å². The van der Waals surface area contributed by atoms with Crippen LogP contribution in [0, 0.1) is 10.1 Å². The third kappa shape index (κ3) is 5.22. The van der Waals surface area contributed by atoms with Crippen LogP contribution in [-0.4, -0.2) is 35.5 Å². The Kier molecular flexibility index (Phi) is 6.29. The number of carbonyl (C=O) groups excluding carboxylic acids is 1. The number of nitro benzene ring substituents is 1. The highest BCUT2D eigenvalue weighted by Crippen LogP contribution is 2.23. The van der Waals surface area contributed by atoms with E-state index in [1.54, 1.807) is 18.2 Å². The molecule has 0 saturated carbocycles. The van der Waals surface area contributed by atoms with E-state index in [1.165, 1.54) is 17.4 Å². The number of amides is 1. The quantitative estimate of drug-likeness (QED) is 0.333. The van der Waals surface area contributed by atoms with Gasteiger partial charge in [0.15, 0.2) is 0 Å². The standard InChI is InChI=1S/C18H18N4O4S/c23-17(11-26-12-18-21-14-6-2-4-8-16(14)27-18)20-10-9-19-13-5-1-3-7-15(13)22(24)25/h1-8,19H,9-12H2,(H,20,23). The summed E-state index contributed by atoms with van der Waals surface area (Å²) in [5, 5.41) is 17.4. The summed E-state index contributed by atoms with van der Waals surface area (Å²) in [5.41, 5.74) is 1.35. The zero-order valence-corrected chi connectivity index (χ0v) is 15.2. The lowest BCUT2D eigenvalue weighted by atomic mass is 10.2. The van der Waals surface area contributed by atoms with E-state index >= 15 is 0 Å². The Morgan fingerprint density at radius 1 is 1.15 bits per heavy atom. The van der Waals surface area contributed by atoms with Gasteiger partial charge < -0.3 is 15.4 Å². The SMILES string of the molecule is O=C(COCc1nc2ccccc2s1)NCCNc1ccccc1[N+](=O)[O-]. The van der Waals surface area contributed by atoms with Gasteiger partial charge in [-0.2, -0.15) is 0 Å². The molecule has 2 aromatic carbocycles. The molecule has 0 saturated heterocycles. The average Bonchev–Trinajstić information content (AvgIpc) is 3.08.